The minimum absolute atomic E-state index is 0.171. The smallest absolute Gasteiger partial charge is 0.306 e. The van der Waals surface area contributed by atoms with Crippen LogP contribution in [0.1, 0.15) is 23.6 Å². The van der Waals surface area contributed by atoms with Crippen LogP contribution in [0.4, 0.5) is 0 Å². The molecule has 0 spiro atoms. The third-order valence-corrected chi connectivity index (χ3v) is 2.92. The maximum Gasteiger partial charge on any atom is 0.306 e. The SMILES string of the molecule is COC(=O)CCNC1COCc2ccccc21. The molecule has 4 nitrogen and oxygen atoms in total. The van der Waals surface area contributed by atoms with Gasteiger partial charge in [0.2, 0.25) is 0 Å². The number of esters is 1. The lowest BCUT2D eigenvalue weighted by Gasteiger charge is -2.26. The minimum atomic E-state index is -0.192. The maximum absolute atomic E-state index is 11.0. The molecule has 0 radical (unpaired) electrons. The van der Waals surface area contributed by atoms with E-state index < -0.39 is 0 Å². The van der Waals surface area contributed by atoms with Gasteiger partial charge in [-0.1, -0.05) is 24.3 Å². The minimum Gasteiger partial charge on any atom is -0.469 e. The van der Waals surface area contributed by atoms with Crippen molar-refractivity contribution in [1.29, 1.82) is 0 Å². The van der Waals surface area contributed by atoms with Crippen LogP contribution in [0, 0.1) is 0 Å². The number of hydrogen-bond donors (Lipinski definition) is 1. The van der Waals surface area contributed by atoms with Gasteiger partial charge in [0.25, 0.3) is 0 Å². The van der Waals surface area contributed by atoms with E-state index in [-0.39, 0.29) is 12.0 Å². The first-order valence-electron chi connectivity index (χ1n) is 5.77. The van der Waals surface area contributed by atoms with Crippen molar-refractivity contribution in [2.45, 2.75) is 19.1 Å². The molecular formula is C13H17NO3. The van der Waals surface area contributed by atoms with Gasteiger partial charge >= 0.3 is 5.97 Å². The first-order chi connectivity index (χ1) is 8.31. The number of carbonyl (C=O) groups is 1. The number of hydrogen-bond acceptors (Lipinski definition) is 4. The summed E-state index contributed by atoms with van der Waals surface area (Å²) in [5.41, 5.74) is 2.48. The summed E-state index contributed by atoms with van der Waals surface area (Å²) in [7, 11) is 1.40. The van der Waals surface area contributed by atoms with Gasteiger partial charge in [-0.25, -0.2) is 0 Å². The van der Waals surface area contributed by atoms with Gasteiger partial charge in [0.15, 0.2) is 0 Å². The third-order valence-electron chi connectivity index (χ3n) is 2.92. The van der Waals surface area contributed by atoms with Crippen molar-refractivity contribution in [1.82, 2.24) is 5.32 Å². The Morgan fingerprint density at radius 1 is 1.53 bits per heavy atom. The maximum atomic E-state index is 11.0. The van der Waals surface area contributed by atoms with Gasteiger partial charge in [0.1, 0.15) is 0 Å². The Labute approximate surface area is 101 Å². The zero-order valence-electron chi connectivity index (χ0n) is 9.94. The highest BCUT2D eigenvalue weighted by Crippen LogP contribution is 2.24. The largest absolute Gasteiger partial charge is 0.469 e. The van der Waals surface area contributed by atoms with Crippen molar-refractivity contribution < 1.29 is 14.3 Å². The first kappa shape index (κ1) is 12.1. The number of rotatable bonds is 4. The van der Waals surface area contributed by atoms with E-state index in [1.807, 2.05) is 12.1 Å². The van der Waals surface area contributed by atoms with Crippen molar-refractivity contribution in [2.75, 3.05) is 20.3 Å². The summed E-state index contributed by atoms with van der Waals surface area (Å²) >= 11 is 0. The van der Waals surface area contributed by atoms with Crippen LogP contribution in [-0.2, 0) is 20.9 Å². The van der Waals surface area contributed by atoms with Crippen LogP contribution in [0.25, 0.3) is 0 Å². The normalized spacial score (nSPS) is 18.5. The van der Waals surface area contributed by atoms with E-state index in [9.17, 15) is 4.79 Å². The van der Waals surface area contributed by atoms with Gasteiger partial charge in [-0.05, 0) is 11.1 Å². The van der Waals surface area contributed by atoms with E-state index in [0.29, 0.717) is 26.2 Å². The second-order valence-electron chi connectivity index (χ2n) is 4.05. The van der Waals surface area contributed by atoms with Crippen LogP contribution in [0.15, 0.2) is 24.3 Å². The van der Waals surface area contributed by atoms with Gasteiger partial charge in [-0.15, -0.1) is 0 Å². The number of nitrogens with one attached hydrogen (secondary N) is 1. The fraction of sp³-hybridized carbons (Fsp3) is 0.462. The summed E-state index contributed by atoms with van der Waals surface area (Å²) in [6, 6.07) is 8.39. The summed E-state index contributed by atoms with van der Waals surface area (Å²) in [5.74, 6) is -0.192. The first-order valence-corrected chi connectivity index (χ1v) is 5.77. The van der Waals surface area contributed by atoms with Gasteiger partial charge in [0.05, 0.1) is 32.8 Å². The number of methoxy groups -OCH3 is 1. The molecule has 0 amide bonds. The molecule has 1 unspecified atom stereocenters. The molecule has 0 fully saturated rings. The number of carbonyl (C=O) groups excluding carboxylic acids is 1. The lowest BCUT2D eigenvalue weighted by atomic mass is 9.99. The van der Waals surface area contributed by atoms with Crippen molar-refractivity contribution >= 4 is 5.97 Å². The highest BCUT2D eigenvalue weighted by Gasteiger charge is 2.19. The Kier molecular flexibility index (Phi) is 4.12. The molecule has 1 aliphatic rings. The molecule has 1 heterocycles. The summed E-state index contributed by atoms with van der Waals surface area (Å²) in [5, 5.41) is 3.32. The molecule has 4 heteroatoms. The van der Waals surface area contributed by atoms with E-state index in [0.717, 1.165) is 0 Å². The van der Waals surface area contributed by atoms with Crippen molar-refractivity contribution in [3.8, 4) is 0 Å². The molecule has 1 N–H and O–H groups in total. The van der Waals surface area contributed by atoms with Gasteiger partial charge in [-0.3, -0.25) is 4.79 Å². The monoisotopic (exact) mass is 235 g/mol. The van der Waals surface area contributed by atoms with E-state index in [1.54, 1.807) is 0 Å². The molecular weight excluding hydrogens is 218 g/mol. The summed E-state index contributed by atoms with van der Waals surface area (Å²) in [6.45, 7) is 1.93. The summed E-state index contributed by atoms with van der Waals surface area (Å²) in [6.07, 6.45) is 0.384. The van der Waals surface area contributed by atoms with Gasteiger partial charge < -0.3 is 14.8 Å². The number of ether oxygens (including phenoxy) is 2. The second-order valence-corrected chi connectivity index (χ2v) is 4.05. The topological polar surface area (TPSA) is 47.6 Å². The molecule has 0 saturated carbocycles. The lowest BCUT2D eigenvalue weighted by Crippen LogP contribution is -2.31. The zero-order valence-corrected chi connectivity index (χ0v) is 9.94. The van der Waals surface area contributed by atoms with Gasteiger partial charge in [0, 0.05) is 6.54 Å². The number of fused-ring (bicyclic) bond motifs is 1. The second kappa shape index (κ2) is 5.80. The molecule has 1 aromatic rings. The van der Waals surface area contributed by atoms with Crippen LogP contribution in [0.5, 0.6) is 0 Å². The van der Waals surface area contributed by atoms with E-state index in [1.165, 1.54) is 18.2 Å². The molecule has 1 aliphatic heterocycles. The quantitative estimate of drug-likeness (QED) is 0.802. The Morgan fingerprint density at radius 2 is 2.35 bits per heavy atom. The lowest BCUT2D eigenvalue weighted by molar-refractivity contribution is -0.140. The Hall–Kier alpha value is -1.39. The Morgan fingerprint density at radius 3 is 3.18 bits per heavy atom. The average molecular weight is 235 g/mol. The van der Waals surface area contributed by atoms with Crippen LogP contribution in [0.2, 0.25) is 0 Å². The molecule has 0 aliphatic carbocycles. The molecule has 92 valence electrons. The van der Waals surface area contributed by atoms with Gasteiger partial charge in [-0.2, -0.15) is 0 Å². The third kappa shape index (κ3) is 3.05. The summed E-state index contributed by atoms with van der Waals surface area (Å²) < 4.78 is 10.1. The number of benzene rings is 1. The zero-order chi connectivity index (χ0) is 12.1. The van der Waals surface area contributed by atoms with Crippen LogP contribution in [-0.4, -0.2) is 26.2 Å². The fourth-order valence-corrected chi connectivity index (χ4v) is 2.00. The predicted molar refractivity (Wildman–Crippen MR) is 63.5 cm³/mol. The highest BCUT2D eigenvalue weighted by atomic mass is 16.5. The molecule has 0 saturated heterocycles. The van der Waals surface area contributed by atoms with Crippen LogP contribution in [0.3, 0.4) is 0 Å². The van der Waals surface area contributed by atoms with Crippen LogP contribution < -0.4 is 5.32 Å². The molecule has 17 heavy (non-hydrogen) atoms. The van der Waals surface area contributed by atoms with Crippen molar-refractivity contribution in [3.05, 3.63) is 35.4 Å². The van der Waals surface area contributed by atoms with E-state index in [4.69, 9.17) is 4.74 Å². The average Bonchev–Trinajstić information content (AvgIpc) is 2.39. The molecule has 1 atom stereocenters. The molecule has 0 bridgehead atoms. The standard InChI is InChI=1S/C13H17NO3/c1-16-13(15)6-7-14-12-9-17-8-10-4-2-3-5-11(10)12/h2-5,12,14H,6-9H2,1H3. The highest BCUT2D eigenvalue weighted by molar-refractivity contribution is 5.69. The van der Waals surface area contributed by atoms with Crippen molar-refractivity contribution in [2.24, 2.45) is 0 Å². The molecule has 0 aromatic heterocycles. The molecule has 2 rings (SSSR count). The predicted octanol–water partition coefficient (Wildman–Crippen LogP) is 1.41. The van der Waals surface area contributed by atoms with Crippen LogP contribution >= 0.6 is 0 Å². The van der Waals surface area contributed by atoms with E-state index in [2.05, 4.69) is 22.2 Å². The van der Waals surface area contributed by atoms with Crippen molar-refractivity contribution in [3.63, 3.8) is 0 Å². The Balaban J connectivity index is 1.92. The Bertz CT molecular complexity index is 392. The fourth-order valence-electron chi connectivity index (χ4n) is 2.00. The molecule has 1 aromatic carbocycles. The van der Waals surface area contributed by atoms with E-state index >= 15 is 0 Å². The summed E-state index contributed by atoms with van der Waals surface area (Å²) in [4.78, 5) is 11.0.